The van der Waals surface area contributed by atoms with E-state index in [1.807, 2.05) is 37.3 Å². The van der Waals surface area contributed by atoms with Gasteiger partial charge in [-0.05, 0) is 18.1 Å². The number of ketones is 1. The molecule has 0 aliphatic rings. The number of fused-ring (bicyclic) bond motifs is 1. The lowest BCUT2D eigenvalue weighted by Crippen LogP contribution is -2.03. The lowest BCUT2D eigenvalue weighted by atomic mass is 9.99. The molecular formula is C15H17NO. The van der Waals surface area contributed by atoms with Gasteiger partial charge in [-0.3, -0.25) is 9.78 Å². The molecule has 0 saturated heterocycles. The minimum atomic E-state index is 0.186. The van der Waals surface area contributed by atoms with E-state index < -0.39 is 0 Å². The summed E-state index contributed by atoms with van der Waals surface area (Å²) in [7, 11) is 0. The molecule has 0 aliphatic heterocycles. The predicted octanol–water partition coefficient (Wildman–Crippen LogP) is 3.95. The van der Waals surface area contributed by atoms with E-state index in [0.717, 1.165) is 22.2 Å². The number of carbonyl (C=O) groups is 1. The summed E-state index contributed by atoms with van der Waals surface area (Å²) in [5, 5.41) is 0.962. The van der Waals surface area contributed by atoms with Crippen LogP contribution in [0.5, 0.6) is 0 Å². The van der Waals surface area contributed by atoms with Crippen molar-refractivity contribution in [1.82, 2.24) is 4.98 Å². The van der Waals surface area contributed by atoms with E-state index >= 15 is 0 Å². The quantitative estimate of drug-likeness (QED) is 0.743. The molecule has 0 saturated carbocycles. The van der Waals surface area contributed by atoms with Crippen molar-refractivity contribution in [2.45, 2.75) is 33.1 Å². The second-order valence-corrected chi connectivity index (χ2v) is 4.54. The summed E-state index contributed by atoms with van der Waals surface area (Å²) < 4.78 is 0. The zero-order chi connectivity index (χ0) is 12.4. The highest BCUT2D eigenvalue weighted by Gasteiger charge is 2.12. The van der Waals surface area contributed by atoms with Gasteiger partial charge in [-0.1, -0.05) is 39.0 Å². The summed E-state index contributed by atoms with van der Waals surface area (Å²) in [5.74, 6) is 0.522. The van der Waals surface area contributed by atoms with Crippen LogP contribution in [0.1, 0.15) is 49.2 Å². The molecule has 0 aliphatic carbocycles. The molecule has 88 valence electrons. The summed E-state index contributed by atoms with van der Waals surface area (Å²) in [6.45, 7) is 6.08. The van der Waals surface area contributed by atoms with E-state index in [1.165, 1.54) is 0 Å². The van der Waals surface area contributed by atoms with Gasteiger partial charge in [0.15, 0.2) is 5.78 Å². The van der Waals surface area contributed by atoms with E-state index in [9.17, 15) is 4.79 Å². The number of carbonyl (C=O) groups excluding carboxylic acids is 1. The maximum absolute atomic E-state index is 12.0. The van der Waals surface area contributed by atoms with Crippen LogP contribution in [0.15, 0.2) is 30.3 Å². The molecule has 0 amide bonds. The van der Waals surface area contributed by atoms with Crippen molar-refractivity contribution in [1.29, 1.82) is 0 Å². The SMILES string of the molecule is CCC(=O)c1cc(C(C)C)nc2ccccc12. The Morgan fingerprint density at radius 2 is 2.00 bits per heavy atom. The first kappa shape index (κ1) is 11.8. The molecular weight excluding hydrogens is 210 g/mol. The van der Waals surface area contributed by atoms with Crippen LogP contribution >= 0.6 is 0 Å². The Morgan fingerprint density at radius 1 is 1.29 bits per heavy atom. The Hall–Kier alpha value is -1.70. The van der Waals surface area contributed by atoms with Crippen LogP contribution in [0.3, 0.4) is 0 Å². The Balaban J connectivity index is 2.73. The minimum absolute atomic E-state index is 0.186. The third-order valence-electron chi connectivity index (χ3n) is 2.95. The van der Waals surface area contributed by atoms with Crippen LogP contribution in [0.2, 0.25) is 0 Å². The molecule has 0 bridgehead atoms. The van der Waals surface area contributed by atoms with E-state index in [0.29, 0.717) is 12.3 Å². The van der Waals surface area contributed by atoms with Gasteiger partial charge in [0, 0.05) is 23.1 Å². The summed E-state index contributed by atoms with van der Waals surface area (Å²) in [4.78, 5) is 16.6. The molecule has 0 unspecified atom stereocenters. The average Bonchev–Trinajstić information content (AvgIpc) is 2.36. The Morgan fingerprint density at radius 3 is 2.65 bits per heavy atom. The third kappa shape index (κ3) is 2.21. The topological polar surface area (TPSA) is 30.0 Å². The number of pyridine rings is 1. The number of rotatable bonds is 3. The first-order valence-electron chi connectivity index (χ1n) is 6.06. The lowest BCUT2D eigenvalue weighted by molar-refractivity contribution is 0.0989. The number of Topliss-reactive ketones (excluding diaryl/α,β-unsaturated/α-hetero) is 1. The first-order chi connectivity index (χ1) is 8.13. The van der Waals surface area contributed by atoms with Crippen LogP contribution in [-0.2, 0) is 0 Å². The van der Waals surface area contributed by atoms with Gasteiger partial charge in [0.2, 0.25) is 0 Å². The highest BCUT2D eigenvalue weighted by atomic mass is 16.1. The van der Waals surface area contributed by atoms with Crippen LogP contribution in [0, 0.1) is 0 Å². The van der Waals surface area contributed by atoms with Crippen molar-refractivity contribution < 1.29 is 4.79 Å². The number of para-hydroxylation sites is 1. The van der Waals surface area contributed by atoms with Crippen LogP contribution in [0.25, 0.3) is 10.9 Å². The number of hydrogen-bond acceptors (Lipinski definition) is 2. The van der Waals surface area contributed by atoms with E-state index in [-0.39, 0.29) is 5.78 Å². The molecule has 0 N–H and O–H groups in total. The molecule has 0 spiro atoms. The van der Waals surface area contributed by atoms with Crippen LogP contribution in [-0.4, -0.2) is 10.8 Å². The Kier molecular flexibility index (Phi) is 3.23. The number of benzene rings is 1. The van der Waals surface area contributed by atoms with Gasteiger partial charge in [-0.2, -0.15) is 0 Å². The molecule has 2 heteroatoms. The Bertz CT molecular complexity index is 558. The molecule has 2 aromatic rings. The monoisotopic (exact) mass is 227 g/mol. The summed E-state index contributed by atoms with van der Waals surface area (Å²) >= 11 is 0. The van der Waals surface area contributed by atoms with Crippen molar-refractivity contribution in [3.05, 3.63) is 41.6 Å². The number of hydrogen-bond donors (Lipinski definition) is 0. The zero-order valence-corrected chi connectivity index (χ0v) is 10.5. The average molecular weight is 227 g/mol. The second kappa shape index (κ2) is 4.66. The maximum atomic E-state index is 12.0. The second-order valence-electron chi connectivity index (χ2n) is 4.54. The van der Waals surface area contributed by atoms with Gasteiger partial charge < -0.3 is 0 Å². The highest BCUT2D eigenvalue weighted by molar-refractivity contribution is 6.07. The van der Waals surface area contributed by atoms with Gasteiger partial charge in [0.25, 0.3) is 0 Å². The third-order valence-corrected chi connectivity index (χ3v) is 2.95. The largest absolute Gasteiger partial charge is 0.294 e. The standard InChI is InChI=1S/C15H17NO/c1-4-15(17)12-9-14(10(2)3)16-13-8-6-5-7-11(12)13/h5-10H,4H2,1-3H3. The summed E-state index contributed by atoms with van der Waals surface area (Å²) in [5.41, 5.74) is 2.71. The molecule has 17 heavy (non-hydrogen) atoms. The van der Waals surface area contributed by atoms with Crippen molar-refractivity contribution in [2.75, 3.05) is 0 Å². The van der Waals surface area contributed by atoms with Gasteiger partial charge in [-0.15, -0.1) is 0 Å². The fourth-order valence-electron chi connectivity index (χ4n) is 1.91. The lowest BCUT2D eigenvalue weighted by Gasteiger charge is -2.10. The van der Waals surface area contributed by atoms with Gasteiger partial charge in [-0.25, -0.2) is 0 Å². The molecule has 1 heterocycles. The normalized spacial score (nSPS) is 11.1. The van der Waals surface area contributed by atoms with E-state index in [4.69, 9.17) is 0 Å². The molecule has 0 atom stereocenters. The summed E-state index contributed by atoms with van der Waals surface area (Å²) in [6, 6.07) is 9.78. The molecule has 1 aromatic carbocycles. The van der Waals surface area contributed by atoms with E-state index in [2.05, 4.69) is 18.8 Å². The first-order valence-corrected chi connectivity index (χ1v) is 6.06. The number of aromatic nitrogens is 1. The van der Waals surface area contributed by atoms with Gasteiger partial charge >= 0.3 is 0 Å². The van der Waals surface area contributed by atoms with Gasteiger partial charge in [0.05, 0.1) is 5.52 Å². The predicted molar refractivity (Wildman–Crippen MR) is 70.5 cm³/mol. The molecule has 2 nitrogen and oxygen atoms in total. The van der Waals surface area contributed by atoms with Crippen molar-refractivity contribution in [3.63, 3.8) is 0 Å². The smallest absolute Gasteiger partial charge is 0.163 e. The Labute approximate surface area is 102 Å². The van der Waals surface area contributed by atoms with Crippen molar-refractivity contribution in [2.24, 2.45) is 0 Å². The minimum Gasteiger partial charge on any atom is -0.294 e. The molecule has 1 aromatic heterocycles. The van der Waals surface area contributed by atoms with Crippen LogP contribution < -0.4 is 0 Å². The van der Waals surface area contributed by atoms with E-state index in [1.54, 1.807) is 0 Å². The molecule has 0 fully saturated rings. The zero-order valence-electron chi connectivity index (χ0n) is 10.5. The van der Waals surface area contributed by atoms with Crippen molar-refractivity contribution >= 4 is 16.7 Å². The van der Waals surface area contributed by atoms with Crippen LogP contribution in [0.4, 0.5) is 0 Å². The number of nitrogens with zero attached hydrogens (tertiary/aromatic N) is 1. The van der Waals surface area contributed by atoms with Crippen molar-refractivity contribution in [3.8, 4) is 0 Å². The highest BCUT2D eigenvalue weighted by Crippen LogP contribution is 2.23. The maximum Gasteiger partial charge on any atom is 0.163 e. The summed E-state index contributed by atoms with van der Waals surface area (Å²) in [6.07, 6.45) is 0.533. The fourth-order valence-corrected chi connectivity index (χ4v) is 1.91. The van der Waals surface area contributed by atoms with Gasteiger partial charge in [0.1, 0.15) is 0 Å². The molecule has 2 rings (SSSR count). The molecule has 0 radical (unpaired) electrons. The fraction of sp³-hybridized carbons (Fsp3) is 0.333.